The molecule has 0 fully saturated rings. The summed E-state index contributed by atoms with van der Waals surface area (Å²) in [6.45, 7) is 3.16. The lowest BCUT2D eigenvalue weighted by Gasteiger charge is -2.10. The van der Waals surface area contributed by atoms with E-state index in [1.807, 2.05) is 0 Å². The van der Waals surface area contributed by atoms with Gasteiger partial charge in [-0.25, -0.2) is 13.2 Å². The minimum Gasteiger partial charge on any atom is -0.478 e. The summed E-state index contributed by atoms with van der Waals surface area (Å²) >= 11 is 0. The second kappa shape index (κ2) is 5.68. The number of rotatable bonds is 5. The van der Waals surface area contributed by atoms with Gasteiger partial charge >= 0.3 is 5.97 Å². The SMILES string of the molecule is CC(C)S(=O)(=O)Nc1cccc(/C=C/C(=O)O)c1. The molecule has 0 saturated heterocycles. The van der Waals surface area contributed by atoms with Gasteiger partial charge in [0.2, 0.25) is 10.0 Å². The third-order valence-electron chi connectivity index (χ3n) is 2.19. The number of carboxylic acid groups (broad SMARTS) is 1. The average molecular weight is 269 g/mol. The fourth-order valence-corrected chi connectivity index (χ4v) is 1.85. The van der Waals surface area contributed by atoms with Gasteiger partial charge < -0.3 is 5.11 Å². The zero-order valence-electron chi connectivity index (χ0n) is 10.1. The van der Waals surface area contributed by atoms with Crippen LogP contribution in [0.1, 0.15) is 19.4 Å². The first kappa shape index (κ1) is 14.2. The number of sulfonamides is 1. The number of hydrogen-bond donors (Lipinski definition) is 2. The molecule has 0 aromatic heterocycles. The molecule has 0 aliphatic heterocycles. The van der Waals surface area contributed by atoms with Crippen molar-refractivity contribution in [1.82, 2.24) is 0 Å². The number of anilines is 1. The zero-order chi connectivity index (χ0) is 13.8. The molecule has 1 aromatic rings. The van der Waals surface area contributed by atoms with Gasteiger partial charge in [-0.2, -0.15) is 0 Å². The highest BCUT2D eigenvalue weighted by atomic mass is 32.2. The standard InChI is InChI=1S/C12H15NO4S/c1-9(2)18(16,17)13-11-5-3-4-10(8-11)6-7-12(14)15/h3-9,13H,1-2H3,(H,14,15)/b7-6+. The Morgan fingerprint density at radius 3 is 2.61 bits per heavy atom. The van der Waals surface area contributed by atoms with Crippen molar-refractivity contribution in [1.29, 1.82) is 0 Å². The molecule has 0 heterocycles. The van der Waals surface area contributed by atoms with Gasteiger partial charge in [-0.15, -0.1) is 0 Å². The van der Waals surface area contributed by atoms with Crippen molar-refractivity contribution in [3.05, 3.63) is 35.9 Å². The van der Waals surface area contributed by atoms with Crippen LogP contribution in [0.3, 0.4) is 0 Å². The maximum absolute atomic E-state index is 11.7. The third kappa shape index (κ3) is 4.21. The van der Waals surface area contributed by atoms with Crippen LogP contribution in [0.5, 0.6) is 0 Å². The van der Waals surface area contributed by atoms with Crippen LogP contribution in [0.2, 0.25) is 0 Å². The monoisotopic (exact) mass is 269 g/mol. The second-order valence-corrected chi connectivity index (χ2v) is 6.23. The maximum atomic E-state index is 11.7. The van der Waals surface area contributed by atoms with Crippen LogP contribution >= 0.6 is 0 Å². The Hall–Kier alpha value is -1.82. The minimum atomic E-state index is -3.39. The number of aliphatic carboxylic acids is 1. The van der Waals surface area contributed by atoms with Gasteiger partial charge in [-0.3, -0.25) is 4.72 Å². The van der Waals surface area contributed by atoms with Gasteiger partial charge in [0.05, 0.1) is 5.25 Å². The number of benzene rings is 1. The van der Waals surface area contributed by atoms with Gasteiger partial charge in [0.1, 0.15) is 0 Å². The van der Waals surface area contributed by atoms with E-state index in [1.54, 1.807) is 38.1 Å². The van der Waals surface area contributed by atoms with Crippen LogP contribution < -0.4 is 4.72 Å². The van der Waals surface area contributed by atoms with Crippen molar-refractivity contribution >= 4 is 27.8 Å². The smallest absolute Gasteiger partial charge is 0.328 e. The summed E-state index contributed by atoms with van der Waals surface area (Å²) in [7, 11) is -3.39. The van der Waals surface area contributed by atoms with E-state index in [0.717, 1.165) is 6.08 Å². The molecule has 0 bridgehead atoms. The van der Waals surface area contributed by atoms with Crippen LogP contribution in [0, 0.1) is 0 Å². The Kier molecular flexibility index (Phi) is 4.49. The van der Waals surface area contributed by atoms with Crippen LogP contribution in [0.25, 0.3) is 6.08 Å². The summed E-state index contributed by atoms with van der Waals surface area (Å²) in [5.74, 6) is -1.05. The predicted molar refractivity (Wildman–Crippen MR) is 70.8 cm³/mol. The van der Waals surface area contributed by atoms with Gasteiger partial charge in [-0.1, -0.05) is 12.1 Å². The lowest BCUT2D eigenvalue weighted by molar-refractivity contribution is -0.131. The minimum absolute atomic E-state index is 0.413. The van der Waals surface area contributed by atoms with E-state index in [1.165, 1.54) is 6.08 Å². The molecule has 1 aromatic carbocycles. The fourth-order valence-electron chi connectivity index (χ4n) is 1.16. The van der Waals surface area contributed by atoms with E-state index in [2.05, 4.69) is 4.72 Å². The first-order valence-corrected chi connectivity index (χ1v) is 6.88. The number of nitrogens with one attached hydrogen (secondary N) is 1. The molecule has 2 N–H and O–H groups in total. The normalized spacial score (nSPS) is 11.9. The summed E-state index contributed by atoms with van der Waals surface area (Å²) in [6, 6.07) is 6.52. The van der Waals surface area contributed by atoms with Crippen molar-refractivity contribution < 1.29 is 18.3 Å². The van der Waals surface area contributed by atoms with E-state index in [0.29, 0.717) is 11.3 Å². The number of hydrogen-bond acceptors (Lipinski definition) is 3. The summed E-state index contributed by atoms with van der Waals surface area (Å²) in [5.41, 5.74) is 1.03. The molecule has 0 radical (unpaired) electrons. The van der Waals surface area contributed by atoms with Gasteiger partial charge in [-0.05, 0) is 37.6 Å². The fraction of sp³-hybridized carbons (Fsp3) is 0.250. The van der Waals surface area contributed by atoms with E-state index < -0.39 is 21.2 Å². The molecule has 0 spiro atoms. The molecule has 0 saturated carbocycles. The predicted octanol–water partition coefficient (Wildman–Crippen LogP) is 1.93. The van der Waals surface area contributed by atoms with Crippen LogP contribution in [0.15, 0.2) is 30.3 Å². The van der Waals surface area contributed by atoms with Crippen LogP contribution in [-0.2, 0) is 14.8 Å². The summed E-state index contributed by atoms with van der Waals surface area (Å²) in [5, 5.41) is 7.97. The van der Waals surface area contributed by atoms with E-state index in [-0.39, 0.29) is 0 Å². The highest BCUT2D eigenvalue weighted by molar-refractivity contribution is 7.93. The highest BCUT2D eigenvalue weighted by Gasteiger charge is 2.15. The van der Waals surface area contributed by atoms with Gasteiger partial charge in [0, 0.05) is 11.8 Å². The first-order chi connectivity index (χ1) is 8.31. The lowest BCUT2D eigenvalue weighted by atomic mass is 10.2. The molecule has 0 aliphatic rings. The molecular formula is C12H15NO4S. The summed E-state index contributed by atoms with van der Waals surface area (Å²) in [6.07, 6.45) is 2.39. The van der Waals surface area contributed by atoms with Crippen molar-refractivity contribution in [3.8, 4) is 0 Å². The average Bonchev–Trinajstić information content (AvgIpc) is 2.26. The zero-order valence-corrected chi connectivity index (χ0v) is 10.9. The van der Waals surface area contributed by atoms with Crippen molar-refractivity contribution in [2.24, 2.45) is 0 Å². The molecule has 0 unspecified atom stereocenters. The quantitative estimate of drug-likeness (QED) is 0.800. The largest absolute Gasteiger partial charge is 0.478 e. The summed E-state index contributed by atoms with van der Waals surface area (Å²) in [4.78, 5) is 10.4. The molecule has 1 rings (SSSR count). The topological polar surface area (TPSA) is 83.5 Å². The Morgan fingerprint density at radius 1 is 1.39 bits per heavy atom. The molecule has 0 atom stereocenters. The van der Waals surface area contributed by atoms with E-state index in [4.69, 9.17) is 5.11 Å². The van der Waals surface area contributed by atoms with Crippen molar-refractivity contribution in [3.63, 3.8) is 0 Å². The lowest BCUT2D eigenvalue weighted by Crippen LogP contribution is -2.22. The van der Waals surface area contributed by atoms with E-state index >= 15 is 0 Å². The number of carbonyl (C=O) groups is 1. The van der Waals surface area contributed by atoms with Crippen LogP contribution in [0.4, 0.5) is 5.69 Å². The maximum Gasteiger partial charge on any atom is 0.328 e. The van der Waals surface area contributed by atoms with Crippen molar-refractivity contribution in [2.45, 2.75) is 19.1 Å². The highest BCUT2D eigenvalue weighted by Crippen LogP contribution is 2.15. The number of carboxylic acids is 1. The third-order valence-corrected chi connectivity index (χ3v) is 3.95. The van der Waals surface area contributed by atoms with Gasteiger partial charge in [0.15, 0.2) is 0 Å². The molecule has 18 heavy (non-hydrogen) atoms. The molecular weight excluding hydrogens is 254 g/mol. The molecule has 98 valence electrons. The Bertz CT molecular complexity index is 561. The Morgan fingerprint density at radius 2 is 2.06 bits per heavy atom. The van der Waals surface area contributed by atoms with Gasteiger partial charge in [0.25, 0.3) is 0 Å². The molecule has 0 aliphatic carbocycles. The Balaban J connectivity index is 2.93. The van der Waals surface area contributed by atoms with Crippen LogP contribution in [-0.4, -0.2) is 24.7 Å². The molecule has 6 heteroatoms. The second-order valence-electron chi connectivity index (χ2n) is 3.99. The summed E-state index contributed by atoms with van der Waals surface area (Å²) < 4.78 is 25.7. The first-order valence-electron chi connectivity index (χ1n) is 5.34. The molecule has 5 nitrogen and oxygen atoms in total. The Labute approximate surface area is 106 Å². The van der Waals surface area contributed by atoms with E-state index in [9.17, 15) is 13.2 Å². The van der Waals surface area contributed by atoms with Crippen molar-refractivity contribution in [2.75, 3.05) is 4.72 Å². The molecule has 0 amide bonds.